The summed E-state index contributed by atoms with van der Waals surface area (Å²) >= 11 is 8.78. The van der Waals surface area contributed by atoms with Crippen LogP contribution in [-0.2, 0) is 16.5 Å². The minimum atomic E-state index is -1.06. The average molecular weight is 282 g/mol. The number of hydrogen-bond donors (Lipinski definition) is 1. The Morgan fingerprint density at radius 1 is 1.57 bits per heavy atom. The molecule has 0 fully saturated rings. The molecule has 0 saturated heterocycles. The summed E-state index contributed by atoms with van der Waals surface area (Å²) in [5.74, 6) is -1.64. The molecular formula is C9H7BrClFO2. The van der Waals surface area contributed by atoms with Crippen LogP contribution < -0.4 is 0 Å². The number of halogens is 3. The van der Waals surface area contributed by atoms with Gasteiger partial charge < -0.3 is 5.11 Å². The van der Waals surface area contributed by atoms with Crippen molar-refractivity contribution >= 4 is 33.5 Å². The fourth-order valence-electron chi connectivity index (χ4n) is 1.13. The number of alkyl halides is 1. The van der Waals surface area contributed by atoms with Crippen LogP contribution in [0.15, 0.2) is 12.1 Å². The predicted octanol–water partition coefficient (Wildman–Crippen LogP) is 3.00. The van der Waals surface area contributed by atoms with E-state index >= 15 is 0 Å². The number of carbonyl (C=O) groups is 1. The molecule has 0 saturated carbocycles. The summed E-state index contributed by atoms with van der Waals surface area (Å²) in [6.45, 7) is 0. The maximum Gasteiger partial charge on any atom is 0.307 e. The standard InChI is InChI=1S/C9H7BrClFO2/c10-4-5-1-6(11)2-8(12)7(5)3-9(13)14/h1-2H,3-4H2,(H,13,14). The summed E-state index contributed by atoms with van der Waals surface area (Å²) in [4.78, 5) is 10.5. The molecule has 0 atom stereocenters. The van der Waals surface area contributed by atoms with Gasteiger partial charge in [-0.3, -0.25) is 4.79 Å². The van der Waals surface area contributed by atoms with Crippen LogP contribution >= 0.6 is 27.5 Å². The molecule has 0 aromatic heterocycles. The highest BCUT2D eigenvalue weighted by Gasteiger charge is 2.12. The SMILES string of the molecule is O=C(O)Cc1c(F)cc(Cl)cc1CBr. The number of hydrogen-bond acceptors (Lipinski definition) is 1. The Hall–Kier alpha value is -0.610. The number of carboxylic acids is 1. The first-order chi connectivity index (χ1) is 6.54. The van der Waals surface area contributed by atoms with E-state index in [1.807, 2.05) is 0 Å². The molecule has 0 spiro atoms. The van der Waals surface area contributed by atoms with Crippen LogP contribution in [-0.4, -0.2) is 11.1 Å². The highest BCUT2D eigenvalue weighted by atomic mass is 79.9. The molecule has 1 rings (SSSR count). The Morgan fingerprint density at radius 2 is 2.21 bits per heavy atom. The Kier molecular flexibility index (Phi) is 3.89. The van der Waals surface area contributed by atoms with Gasteiger partial charge in [-0.25, -0.2) is 4.39 Å². The first kappa shape index (κ1) is 11.5. The third kappa shape index (κ3) is 2.69. The van der Waals surface area contributed by atoms with Gasteiger partial charge >= 0.3 is 5.97 Å². The molecule has 0 aliphatic heterocycles. The van der Waals surface area contributed by atoms with E-state index in [9.17, 15) is 9.18 Å². The zero-order chi connectivity index (χ0) is 10.7. The number of aliphatic carboxylic acids is 1. The Bertz CT molecular complexity index is 368. The lowest BCUT2D eigenvalue weighted by Crippen LogP contribution is -2.05. The highest BCUT2D eigenvalue weighted by Crippen LogP contribution is 2.22. The topological polar surface area (TPSA) is 37.3 Å². The van der Waals surface area contributed by atoms with E-state index in [1.54, 1.807) is 6.07 Å². The molecule has 0 bridgehead atoms. The van der Waals surface area contributed by atoms with Crippen LogP contribution in [0.25, 0.3) is 0 Å². The maximum atomic E-state index is 13.3. The van der Waals surface area contributed by atoms with Crippen molar-refractivity contribution in [2.45, 2.75) is 11.8 Å². The van der Waals surface area contributed by atoms with Gasteiger partial charge in [0.2, 0.25) is 0 Å². The minimum absolute atomic E-state index is 0.179. The van der Waals surface area contributed by atoms with Gasteiger partial charge in [-0.15, -0.1) is 0 Å². The molecule has 76 valence electrons. The summed E-state index contributed by atoms with van der Waals surface area (Å²) in [6.07, 6.45) is -0.329. The summed E-state index contributed by atoms with van der Waals surface area (Å²) < 4.78 is 13.3. The van der Waals surface area contributed by atoms with Crippen LogP contribution in [0.4, 0.5) is 4.39 Å². The quantitative estimate of drug-likeness (QED) is 0.865. The molecule has 2 nitrogen and oxygen atoms in total. The molecule has 1 aromatic rings. The first-order valence-corrected chi connectivity index (χ1v) is 5.29. The summed E-state index contributed by atoms with van der Waals surface area (Å²) in [5, 5.41) is 9.22. The van der Waals surface area contributed by atoms with Gasteiger partial charge in [0.15, 0.2) is 0 Å². The largest absolute Gasteiger partial charge is 0.481 e. The predicted molar refractivity (Wildman–Crippen MR) is 55.4 cm³/mol. The molecule has 0 heterocycles. The molecule has 5 heteroatoms. The van der Waals surface area contributed by atoms with Crippen LogP contribution in [0.1, 0.15) is 11.1 Å². The van der Waals surface area contributed by atoms with Crippen LogP contribution in [0, 0.1) is 5.82 Å². The van der Waals surface area contributed by atoms with E-state index in [2.05, 4.69) is 15.9 Å². The average Bonchev–Trinajstić information content (AvgIpc) is 2.08. The lowest BCUT2D eigenvalue weighted by molar-refractivity contribution is -0.136. The zero-order valence-electron chi connectivity index (χ0n) is 7.06. The van der Waals surface area contributed by atoms with Crippen LogP contribution in [0.2, 0.25) is 5.02 Å². The second kappa shape index (κ2) is 4.75. The Balaban J connectivity index is 3.18. The van der Waals surface area contributed by atoms with Crippen LogP contribution in [0.3, 0.4) is 0 Å². The fourth-order valence-corrected chi connectivity index (χ4v) is 1.85. The zero-order valence-corrected chi connectivity index (χ0v) is 9.40. The monoisotopic (exact) mass is 280 g/mol. The van der Waals surface area contributed by atoms with Gasteiger partial charge in [0.25, 0.3) is 0 Å². The molecule has 0 amide bonds. The number of benzene rings is 1. The van der Waals surface area contributed by atoms with Crippen molar-refractivity contribution in [1.82, 2.24) is 0 Å². The van der Waals surface area contributed by atoms with Crippen molar-refractivity contribution in [3.05, 3.63) is 34.1 Å². The smallest absolute Gasteiger partial charge is 0.307 e. The number of rotatable bonds is 3. The van der Waals surface area contributed by atoms with E-state index in [-0.39, 0.29) is 17.0 Å². The van der Waals surface area contributed by atoms with E-state index < -0.39 is 11.8 Å². The lowest BCUT2D eigenvalue weighted by Gasteiger charge is -2.06. The fraction of sp³-hybridized carbons (Fsp3) is 0.222. The highest BCUT2D eigenvalue weighted by molar-refractivity contribution is 9.08. The molecule has 14 heavy (non-hydrogen) atoms. The van der Waals surface area contributed by atoms with Gasteiger partial charge in [0.1, 0.15) is 5.82 Å². The van der Waals surface area contributed by atoms with Gasteiger partial charge in [0.05, 0.1) is 6.42 Å². The molecule has 0 unspecified atom stereocenters. The summed E-state index contributed by atoms with van der Waals surface area (Å²) in [7, 11) is 0. The summed E-state index contributed by atoms with van der Waals surface area (Å²) in [6, 6.07) is 2.67. The van der Waals surface area contributed by atoms with Crippen molar-refractivity contribution in [3.8, 4) is 0 Å². The third-order valence-electron chi connectivity index (χ3n) is 1.72. The van der Waals surface area contributed by atoms with Gasteiger partial charge in [0, 0.05) is 15.9 Å². The van der Waals surface area contributed by atoms with E-state index in [0.717, 1.165) is 6.07 Å². The molecule has 0 aliphatic carbocycles. The van der Waals surface area contributed by atoms with E-state index in [0.29, 0.717) is 10.9 Å². The van der Waals surface area contributed by atoms with E-state index in [1.165, 1.54) is 0 Å². The molecular weight excluding hydrogens is 274 g/mol. The van der Waals surface area contributed by atoms with Crippen molar-refractivity contribution < 1.29 is 14.3 Å². The number of carboxylic acid groups (broad SMARTS) is 1. The molecule has 0 radical (unpaired) electrons. The second-order valence-electron chi connectivity index (χ2n) is 2.73. The van der Waals surface area contributed by atoms with Gasteiger partial charge in [-0.1, -0.05) is 27.5 Å². The third-order valence-corrected chi connectivity index (χ3v) is 2.55. The van der Waals surface area contributed by atoms with Crippen LogP contribution in [0.5, 0.6) is 0 Å². The molecule has 1 N–H and O–H groups in total. The normalized spacial score (nSPS) is 10.2. The summed E-state index contributed by atoms with van der Waals surface area (Å²) in [5.41, 5.74) is 0.746. The first-order valence-electron chi connectivity index (χ1n) is 3.79. The lowest BCUT2D eigenvalue weighted by atomic mass is 10.1. The van der Waals surface area contributed by atoms with Gasteiger partial charge in [-0.2, -0.15) is 0 Å². The second-order valence-corrected chi connectivity index (χ2v) is 3.73. The Morgan fingerprint density at radius 3 is 2.71 bits per heavy atom. The van der Waals surface area contributed by atoms with Crippen molar-refractivity contribution in [2.24, 2.45) is 0 Å². The van der Waals surface area contributed by atoms with Crippen molar-refractivity contribution in [3.63, 3.8) is 0 Å². The molecule has 1 aromatic carbocycles. The van der Waals surface area contributed by atoms with Gasteiger partial charge in [-0.05, 0) is 17.7 Å². The maximum absolute atomic E-state index is 13.3. The van der Waals surface area contributed by atoms with Crippen molar-refractivity contribution in [1.29, 1.82) is 0 Å². The minimum Gasteiger partial charge on any atom is -0.481 e. The van der Waals surface area contributed by atoms with E-state index in [4.69, 9.17) is 16.7 Å². The Labute approximate surface area is 93.8 Å². The molecule has 0 aliphatic rings. The van der Waals surface area contributed by atoms with Crippen molar-refractivity contribution in [2.75, 3.05) is 0 Å².